The second-order valence-electron chi connectivity index (χ2n) is 4.26. The molecule has 1 aliphatic rings. The molecule has 6 heteroatoms. The molecule has 106 valence electrons. The van der Waals surface area contributed by atoms with Gasteiger partial charge in [-0.2, -0.15) is 0 Å². The average Bonchev–Trinajstić information content (AvgIpc) is 2.62. The summed E-state index contributed by atoms with van der Waals surface area (Å²) in [6.07, 6.45) is 0.0869. The van der Waals surface area contributed by atoms with Crippen molar-refractivity contribution in [2.75, 3.05) is 33.9 Å². The smallest absolute Gasteiger partial charge is 0.170 e. The molecule has 0 saturated carbocycles. The van der Waals surface area contributed by atoms with E-state index in [0.29, 0.717) is 42.6 Å². The third kappa shape index (κ3) is 2.96. The van der Waals surface area contributed by atoms with Crippen LogP contribution in [-0.4, -0.2) is 39.0 Å². The van der Waals surface area contributed by atoms with Gasteiger partial charge in [0.25, 0.3) is 0 Å². The Bertz CT molecular complexity index is 453. The number of fused-ring (bicyclic) bond motifs is 1. The molecule has 5 nitrogen and oxygen atoms in total. The van der Waals surface area contributed by atoms with Gasteiger partial charge in [-0.3, -0.25) is 0 Å². The molecule has 1 unspecified atom stereocenters. The van der Waals surface area contributed by atoms with Crippen LogP contribution in [0, 0.1) is 0 Å². The van der Waals surface area contributed by atoms with E-state index in [1.807, 2.05) is 6.07 Å². The van der Waals surface area contributed by atoms with Gasteiger partial charge in [0, 0.05) is 19.0 Å². The van der Waals surface area contributed by atoms with Gasteiger partial charge in [0.05, 0.1) is 36.5 Å². The highest BCUT2D eigenvalue weighted by Crippen LogP contribution is 2.46. The predicted octanol–water partition coefficient (Wildman–Crippen LogP) is 1.87. The summed E-state index contributed by atoms with van der Waals surface area (Å²) in [7, 11) is 3.35. The number of benzene rings is 1. The molecule has 2 rings (SSSR count). The van der Waals surface area contributed by atoms with Crippen molar-refractivity contribution in [3.8, 4) is 17.2 Å². The van der Waals surface area contributed by atoms with Crippen LogP contribution < -0.4 is 19.5 Å². The Hall–Kier alpha value is -0.980. The summed E-state index contributed by atoms with van der Waals surface area (Å²) in [4.78, 5) is 0. The number of methoxy groups -OCH3 is 1. The summed E-state index contributed by atoms with van der Waals surface area (Å²) in [5.41, 5.74) is 0.614. The molecule has 0 radical (unpaired) electrons. The maximum atomic E-state index is 10.3. The lowest BCUT2D eigenvalue weighted by Gasteiger charge is -2.21. The first-order valence-corrected chi connectivity index (χ1v) is 6.97. The molecular formula is C13H18BrNO4. The van der Waals surface area contributed by atoms with E-state index in [1.165, 1.54) is 0 Å². The molecule has 1 aromatic carbocycles. The van der Waals surface area contributed by atoms with Crippen molar-refractivity contribution in [2.24, 2.45) is 0 Å². The fourth-order valence-corrected chi connectivity index (χ4v) is 2.67. The summed E-state index contributed by atoms with van der Waals surface area (Å²) in [6.45, 7) is 1.58. The van der Waals surface area contributed by atoms with E-state index >= 15 is 0 Å². The predicted molar refractivity (Wildman–Crippen MR) is 75.2 cm³/mol. The van der Waals surface area contributed by atoms with Crippen molar-refractivity contribution >= 4 is 15.9 Å². The fourth-order valence-electron chi connectivity index (χ4n) is 2.09. The van der Waals surface area contributed by atoms with Crippen LogP contribution in [0.3, 0.4) is 0 Å². The zero-order chi connectivity index (χ0) is 13.8. The molecule has 1 aromatic rings. The van der Waals surface area contributed by atoms with Gasteiger partial charge in [-0.05, 0) is 23.0 Å². The van der Waals surface area contributed by atoms with Crippen LogP contribution >= 0.6 is 15.9 Å². The molecule has 1 aliphatic heterocycles. The Balaban J connectivity index is 2.54. The molecular weight excluding hydrogens is 314 g/mol. The molecule has 0 bridgehead atoms. The fraction of sp³-hybridized carbons (Fsp3) is 0.538. The van der Waals surface area contributed by atoms with Crippen molar-refractivity contribution < 1.29 is 19.3 Å². The second kappa shape index (κ2) is 6.45. The SMILES string of the molecule is CNCC(O)c1c(OC)c(Br)cc2c1OCCCO2. The summed E-state index contributed by atoms with van der Waals surface area (Å²) in [6, 6.07) is 1.81. The summed E-state index contributed by atoms with van der Waals surface area (Å²) in [5, 5.41) is 13.2. The molecule has 0 spiro atoms. The van der Waals surface area contributed by atoms with Gasteiger partial charge in [-0.1, -0.05) is 0 Å². The third-order valence-electron chi connectivity index (χ3n) is 2.92. The van der Waals surface area contributed by atoms with Gasteiger partial charge in [0.2, 0.25) is 0 Å². The Morgan fingerprint density at radius 1 is 1.47 bits per heavy atom. The van der Waals surface area contributed by atoms with Crippen molar-refractivity contribution in [1.82, 2.24) is 5.32 Å². The van der Waals surface area contributed by atoms with Crippen LogP contribution in [-0.2, 0) is 0 Å². The number of ether oxygens (including phenoxy) is 3. The second-order valence-corrected chi connectivity index (χ2v) is 5.11. The summed E-state index contributed by atoms with van der Waals surface area (Å²) < 4.78 is 17.5. The highest BCUT2D eigenvalue weighted by atomic mass is 79.9. The lowest BCUT2D eigenvalue weighted by molar-refractivity contribution is 0.166. The Kier molecular flexibility index (Phi) is 4.90. The minimum absolute atomic E-state index is 0.405. The number of aliphatic hydroxyl groups is 1. The van der Waals surface area contributed by atoms with E-state index in [1.54, 1.807) is 14.2 Å². The van der Waals surface area contributed by atoms with Crippen molar-refractivity contribution in [3.63, 3.8) is 0 Å². The zero-order valence-electron chi connectivity index (χ0n) is 11.0. The minimum atomic E-state index is -0.729. The van der Waals surface area contributed by atoms with Gasteiger partial charge >= 0.3 is 0 Å². The van der Waals surface area contributed by atoms with Crippen LogP contribution in [0.2, 0.25) is 0 Å². The van der Waals surface area contributed by atoms with E-state index in [9.17, 15) is 5.11 Å². The Labute approximate surface area is 121 Å². The monoisotopic (exact) mass is 331 g/mol. The van der Waals surface area contributed by atoms with Gasteiger partial charge in [-0.15, -0.1) is 0 Å². The Morgan fingerprint density at radius 2 is 2.21 bits per heavy atom. The molecule has 19 heavy (non-hydrogen) atoms. The maximum absolute atomic E-state index is 10.3. The van der Waals surface area contributed by atoms with Gasteiger partial charge in [0.15, 0.2) is 11.5 Å². The topological polar surface area (TPSA) is 60.0 Å². The first-order chi connectivity index (χ1) is 9.19. The number of hydrogen-bond acceptors (Lipinski definition) is 5. The van der Waals surface area contributed by atoms with Gasteiger partial charge in [-0.25, -0.2) is 0 Å². The standard InChI is InChI=1S/C13H18BrNO4/c1-15-7-9(16)11-12(17-2)8(14)6-10-13(11)19-5-3-4-18-10/h6,9,15-16H,3-5,7H2,1-2H3. The molecule has 0 saturated heterocycles. The number of hydrogen-bond donors (Lipinski definition) is 2. The van der Waals surface area contributed by atoms with Crippen LogP contribution in [0.15, 0.2) is 10.5 Å². The number of likely N-dealkylation sites (N-methyl/N-ethyl adjacent to an activating group) is 1. The number of aliphatic hydroxyl groups excluding tert-OH is 1. The van der Waals surface area contributed by atoms with Crippen molar-refractivity contribution in [2.45, 2.75) is 12.5 Å². The molecule has 2 N–H and O–H groups in total. The van der Waals surface area contributed by atoms with Gasteiger partial charge in [0.1, 0.15) is 5.75 Å². The van der Waals surface area contributed by atoms with Crippen LogP contribution in [0.4, 0.5) is 0 Å². The number of nitrogens with one attached hydrogen (secondary N) is 1. The maximum Gasteiger partial charge on any atom is 0.170 e. The van der Waals surface area contributed by atoms with E-state index in [2.05, 4.69) is 21.2 Å². The largest absolute Gasteiger partial charge is 0.495 e. The van der Waals surface area contributed by atoms with Crippen LogP contribution in [0.25, 0.3) is 0 Å². The summed E-state index contributed by atoms with van der Waals surface area (Å²) >= 11 is 3.44. The van der Waals surface area contributed by atoms with E-state index in [-0.39, 0.29) is 0 Å². The van der Waals surface area contributed by atoms with Crippen molar-refractivity contribution in [3.05, 3.63) is 16.1 Å². The highest BCUT2D eigenvalue weighted by Gasteiger charge is 2.26. The average molecular weight is 332 g/mol. The van der Waals surface area contributed by atoms with E-state index < -0.39 is 6.10 Å². The molecule has 1 heterocycles. The Morgan fingerprint density at radius 3 is 2.89 bits per heavy atom. The van der Waals surface area contributed by atoms with Crippen molar-refractivity contribution in [1.29, 1.82) is 0 Å². The molecule has 0 amide bonds. The minimum Gasteiger partial charge on any atom is -0.495 e. The lowest BCUT2D eigenvalue weighted by Crippen LogP contribution is -2.18. The first-order valence-electron chi connectivity index (χ1n) is 6.17. The zero-order valence-corrected chi connectivity index (χ0v) is 12.6. The third-order valence-corrected chi connectivity index (χ3v) is 3.50. The molecule has 0 fully saturated rings. The van der Waals surface area contributed by atoms with Crippen LogP contribution in [0.1, 0.15) is 18.1 Å². The van der Waals surface area contributed by atoms with E-state index in [0.717, 1.165) is 10.9 Å². The normalized spacial score (nSPS) is 15.8. The van der Waals surface area contributed by atoms with Gasteiger partial charge < -0.3 is 24.6 Å². The van der Waals surface area contributed by atoms with Crippen LogP contribution in [0.5, 0.6) is 17.2 Å². The quantitative estimate of drug-likeness (QED) is 0.882. The highest BCUT2D eigenvalue weighted by molar-refractivity contribution is 9.10. The summed E-state index contributed by atoms with van der Waals surface area (Å²) in [5.74, 6) is 1.78. The first kappa shape index (κ1) is 14.4. The molecule has 1 atom stereocenters. The molecule has 0 aromatic heterocycles. The number of halogens is 1. The number of rotatable bonds is 4. The molecule has 0 aliphatic carbocycles. The lowest BCUT2D eigenvalue weighted by atomic mass is 10.1. The van der Waals surface area contributed by atoms with E-state index in [4.69, 9.17) is 14.2 Å².